The number of imide groups is 1. The molecule has 0 aliphatic carbocycles. The van der Waals surface area contributed by atoms with Crippen LogP contribution < -0.4 is 10.2 Å². The third-order valence-corrected chi connectivity index (χ3v) is 2.61. The summed E-state index contributed by atoms with van der Waals surface area (Å²) in [6.07, 6.45) is 0. The van der Waals surface area contributed by atoms with Gasteiger partial charge in [-0.05, 0) is 24.3 Å². The Morgan fingerprint density at radius 2 is 1.94 bits per heavy atom. The van der Waals surface area contributed by atoms with Crippen molar-refractivity contribution in [2.45, 2.75) is 0 Å². The van der Waals surface area contributed by atoms with Crippen molar-refractivity contribution in [3.63, 3.8) is 0 Å². The van der Waals surface area contributed by atoms with Crippen molar-refractivity contribution in [1.82, 2.24) is 10.2 Å². The molecule has 1 heterocycles. The first-order chi connectivity index (χ1) is 8.13. The molecule has 6 heteroatoms. The molecule has 5 nitrogen and oxygen atoms in total. The molecule has 1 aliphatic rings. The second-order valence-electron chi connectivity index (χ2n) is 3.62. The summed E-state index contributed by atoms with van der Waals surface area (Å²) in [4.78, 5) is 25.8. The van der Waals surface area contributed by atoms with Crippen molar-refractivity contribution in [2.24, 2.45) is 0 Å². The summed E-state index contributed by atoms with van der Waals surface area (Å²) in [7, 11) is 1.47. The standard InChI is InChI=1S/C11H12FN3O2/c1-13-10(16)15-7-6-14(11(15)17)9-4-2-8(12)3-5-9/h2-5H,6-7H2,1H3,(H,13,16). The van der Waals surface area contributed by atoms with Gasteiger partial charge in [0, 0.05) is 19.3 Å². The van der Waals surface area contributed by atoms with Gasteiger partial charge >= 0.3 is 12.1 Å². The van der Waals surface area contributed by atoms with Crippen molar-refractivity contribution in [1.29, 1.82) is 0 Å². The van der Waals surface area contributed by atoms with E-state index in [1.54, 1.807) is 0 Å². The highest BCUT2D eigenvalue weighted by molar-refractivity contribution is 6.04. The molecule has 1 fully saturated rings. The number of nitrogens with one attached hydrogen (secondary N) is 1. The van der Waals surface area contributed by atoms with Crippen LogP contribution in [0, 0.1) is 5.82 Å². The lowest BCUT2D eigenvalue weighted by atomic mass is 10.3. The smallest absolute Gasteiger partial charge is 0.332 e. The molecule has 0 unspecified atom stereocenters. The fourth-order valence-corrected chi connectivity index (χ4v) is 1.72. The minimum atomic E-state index is -0.431. The summed E-state index contributed by atoms with van der Waals surface area (Å²) < 4.78 is 12.8. The highest BCUT2D eigenvalue weighted by Crippen LogP contribution is 2.20. The molecule has 1 saturated heterocycles. The molecule has 1 aliphatic heterocycles. The van der Waals surface area contributed by atoms with Gasteiger partial charge in [0.1, 0.15) is 5.82 Å². The third-order valence-electron chi connectivity index (χ3n) is 2.61. The topological polar surface area (TPSA) is 52.7 Å². The van der Waals surface area contributed by atoms with Gasteiger partial charge in [-0.3, -0.25) is 4.90 Å². The van der Waals surface area contributed by atoms with Gasteiger partial charge in [-0.1, -0.05) is 0 Å². The average molecular weight is 237 g/mol. The third kappa shape index (κ3) is 2.06. The average Bonchev–Trinajstić information content (AvgIpc) is 2.71. The number of hydrogen-bond acceptors (Lipinski definition) is 2. The summed E-state index contributed by atoms with van der Waals surface area (Å²) in [5.41, 5.74) is 0.586. The quantitative estimate of drug-likeness (QED) is 0.802. The number of nitrogens with zero attached hydrogens (tertiary/aromatic N) is 2. The lowest BCUT2D eigenvalue weighted by Crippen LogP contribution is -2.41. The van der Waals surface area contributed by atoms with E-state index in [9.17, 15) is 14.0 Å². The molecule has 0 atom stereocenters. The van der Waals surface area contributed by atoms with E-state index in [-0.39, 0.29) is 5.82 Å². The molecule has 1 N–H and O–H groups in total. The van der Waals surface area contributed by atoms with Gasteiger partial charge in [0.05, 0.1) is 6.54 Å². The Kier molecular flexibility index (Phi) is 2.95. The van der Waals surface area contributed by atoms with Crippen LogP contribution in [0.15, 0.2) is 24.3 Å². The van der Waals surface area contributed by atoms with Crippen molar-refractivity contribution < 1.29 is 14.0 Å². The fraction of sp³-hybridized carbons (Fsp3) is 0.273. The lowest BCUT2D eigenvalue weighted by molar-refractivity contribution is 0.202. The van der Waals surface area contributed by atoms with Crippen molar-refractivity contribution in [2.75, 3.05) is 25.0 Å². The summed E-state index contributed by atoms with van der Waals surface area (Å²) in [5.74, 6) is -0.358. The Morgan fingerprint density at radius 1 is 1.29 bits per heavy atom. The van der Waals surface area contributed by atoms with Crippen LogP contribution >= 0.6 is 0 Å². The number of carbonyl (C=O) groups is 2. The van der Waals surface area contributed by atoms with E-state index in [4.69, 9.17) is 0 Å². The molecule has 0 saturated carbocycles. The minimum absolute atomic E-state index is 0.329. The molecule has 1 aromatic rings. The van der Waals surface area contributed by atoms with E-state index in [0.717, 1.165) is 4.90 Å². The van der Waals surface area contributed by atoms with Crippen LogP contribution in [0.2, 0.25) is 0 Å². The zero-order valence-corrected chi connectivity index (χ0v) is 9.31. The van der Waals surface area contributed by atoms with Crippen LogP contribution in [0.5, 0.6) is 0 Å². The molecule has 2 rings (SSSR count). The van der Waals surface area contributed by atoms with Gasteiger partial charge in [-0.15, -0.1) is 0 Å². The molecular formula is C11H12FN3O2. The zero-order valence-electron chi connectivity index (χ0n) is 9.31. The van der Waals surface area contributed by atoms with Gasteiger partial charge < -0.3 is 5.32 Å². The molecule has 0 bridgehead atoms. The second kappa shape index (κ2) is 4.40. The molecule has 0 aromatic heterocycles. The second-order valence-corrected chi connectivity index (χ2v) is 3.62. The number of rotatable bonds is 1. The Morgan fingerprint density at radius 3 is 2.53 bits per heavy atom. The van der Waals surface area contributed by atoms with Crippen LogP contribution in [-0.2, 0) is 0 Å². The van der Waals surface area contributed by atoms with Gasteiger partial charge in [0.15, 0.2) is 0 Å². The molecule has 0 radical (unpaired) electrons. The number of halogens is 1. The van der Waals surface area contributed by atoms with Gasteiger partial charge in [-0.2, -0.15) is 0 Å². The summed E-state index contributed by atoms with van der Waals surface area (Å²) in [6.45, 7) is 0.744. The van der Waals surface area contributed by atoms with E-state index in [1.807, 2.05) is 0 Å². The fourth-order valence-electron chi connectivity index (χ4n) is 1.72. The first kappa shape index (κ1) is 11.4. The van der Waals surface area contributed by atoms with Crippen LogP contribution in [0.3, 0.4) is 0 Å². The van der Waals surface area contributed by atoms with Crippen molar-refractivity contribution in [3.05, 3.63) is 30.1 Å². The maximum absolute atomic E-state index is 12.8. The summed E-state index contributed by atoms with van der Waals surface area (Å²) in [6, 6.07) is 4.77. The number of carbonyl (C=O) groups excluding carboxylic acids is 2. The Bertz CT molecular complexity index is 447. The predicted molar refractivity (Wildman–Crippen MR) is 60.3 cm³/mol. The number of benzene rings is 1. The van der Waals surface area contributed by atoms with E-state index in [2.05, 4.69) is 5.32 Å². The maximum atomic E-state index is 12.8. The first-order valence-corrected chi connectivity index (χ1v) is 5.20. The molecule has 90 valence electrons. The Labute approximate surface area is 97.8 Å². The molecular weight excluding hydrogens is 225 g/mol. The highest BCUT2D eigenvalue weighted by atomic mass is 19.1. The molecule has 17 heavy (non-hydrogen) atoms. The predicted octanol–water partition coefficient (Wildman–Crippen LogP) is 1.41. The number of anilines is 1. The Balaban J connectivity index is 2.17. The van der Waals surface area contributed by atoms with Gasteiger partial charge in [0.25, 0.3) is 0 Å². The summed E-state index contributed by atoms with van der Waals surface area (Å²) >= 11 is 0. The van der Waals surface area contributed by atoms with Crippen molar-refractivity contribution in [3.8, 4) is 0 Å². The lowest BCUT2D eigenvalue weighted by Gasteiger charge is -2.17. The number of hydrogen-bond donors (Lipinski definition) is 1. The molecule has 0 spiro atoms. The van der Waals surface area contributed by atoms with E-state index < -0.39 is 12.1 Å². The number of urea groups is 2. The van der Waals surface area contributed by atoms with Crippen LogP contribution in [0.1, 0.15) is 0 Å². The molecule has 1 aromatic carbocycles. The van der Waals surface area contributed by atoms with Crippen LogP contribution in [0.4, 0.5) is 19.7 Å². The van der Waals surface area contributed by atoms with Gasteiger partial charge in [-0.25, -0.2) is 18.9 Å². The van der Waals surface area contributed by atoms with E-state index in [1.165, 1.54) is 36.2 Å². The van der Waals surface area contributed by atoms with E-state index in [0.29, 0.717) is 18.8 Å². The normalized spacial score (nSPS) is 15.3. The zero-order chi connectivity index (χ0) is 12.4. The Hall–Kier alpha value is -2.11. The monoisotopic (exact) mass is 237 g/mol. The molecule has 4 amide bonds. The van der Waals surface area contributed by atoms with Crippen molar-refractivity contribution >= 4 is 17.7 Å². The minimum Gasteiger partial charge on any atom is -0.341 e. The highest BCUT2D eigenvalue weighted by Gasteiger charge is 2.33. The maximum Gasteiger partial charge on any atom is 0.332 e. The SMILES string of the molecule is CNC(=O)N1CCN(c2ccc(F)cc2)C1=O. The summed E-state index contributed by atoms with van der Waals surface area (Å²) in [5, 5.41) is 2.40. The first-order valence-electron chi connectivity index (χ1n) is 5.20. The van der Waals surface area contributed by atoms with Crippen LogP contribution in [-0.4, -0.2) is 37.1 Å². The van der Waals surface area contributed by atoms with Gasteiger partial charge in [0.2, 0.25) is 0 Å². The number of amides is 4. The van der Waals surface area contributed by atoms with E-state index >= 15 is 0 Å². The van der Waals surface area contributed by atoms with Crippen LogP contribution in [0.25, 0.3) is 0 Å². The largest absolute Gasteiger partial charge is 0.341 e.